The standard InChI is InChI=1S/C16H22N2O3/c1-21-16(20)15(12-7-3-2-4-8-12)17-11-14(19)18-13-9-5-6-10-13/h2-4,7-8,13,15,17H,5-6,9-11H2,1H3,(H,18,19). The summed E-state index contributed by atoms with van der Waals surface area (Å²) in [7, 11) is 1.35. The first-order valence-corrected chi connectivity index (χ1v) is 7.36. The Morgan fingerprint density at radius 3 is 2.52 bits per heavy atom. The van der Waals surface area contributed by atoms with Crippen LogP contribution in [-0.4, -0.2) is 31.6 Å². The van der Waals surface area contributed by atoms with E-state index in [1.165, 1.54) is 20.0 Å². The average Bonchev–Trinajstić information content (AvgIpc) is 3.01. The van der Waals surface area contributed by atoms with Gasteiger partial charge in [-0.05, 0) is 18.4 Å². The van der Waals surface area contributed by atoms with Crippen LogP contribution in [0.5, 0.6) is 0 Å². The van der Waals surface area contributed by atoms with Crippen molar-refractivity contribution in [3.63, 3.8) is 0 Å². The van der Waals surface area contributed by atoms with Crippen molar-refractivity contribution in [2.24, 2.45) is 0 Å². The zero-order valence-electron chi connectivity index (χ0n) is 12.3. The second-order valence-corrected chi connectivity index (χ2v) is 5.30. The number of hydrogen-bond donors (Lipinski definition) is 2. The van der Waals surface area contributed by atoms with Crippen molar-refractivity contribution in [1.29, 1.82) is 0 Å². The highest BCUT2D eigenvalue weighted by atomic mass is 16.5. The lowest BCUT2D eigenvalue weighted by molar-refractivity contribution is -0.143. The summed E-state index contributed by atoms with van der Waals surface area (Å²) in [5, 5.41) is 5.96. The number of rotatable bonds is 6. The highest BCUT2D eigenvalue weighted by molar-refractivity contribution is 5.81. The number of ether oxygens (including phenoxy) is 1. The van der Waals surface area contributed by atoms with Gasteiger partial charge in [-0.2, -0.15) is 0 Å². The van der Waals surface area contributed by atoms with E-state index in [0.717, 1.165) is 18.4 Å². The third-order valence-corrected chi connectivity index (χ3v) is 3.76. The first kappa shape index (κ1) is 15.5. The van der Waals surface area contributed by atoms with E-state index in [0.29, 0.717) is 0 Å². The molecule has 0 bridgehead atoms. The maximum Gasteiger partial charge on any atom is 0.327 e. The number of benzene rings is 1. The first-order chi connectivity index (χ1) is 10.2. The molecule has 0 aromatic heterocycles. The summed E-state index contributed by atoms with van der Waals surface area (Å²) in [6, 6.07) is 8.92. The van der Waals surface area contributed by atoms with Gasteiger partial charge in [0.15, 0.2) is 0 Å². The van der Waals surface area contributed by atoms with Crippen LogP contribution in [0.3, 0.4) is 0 Å². The molecule has 1 aromatic rings. The molecule has 0 saturated heterocycles. The van der Waals surface area contributed by atoms with Crippen LogP contribution in [0.25, 0.3) is 0 Å². The van der Waals surface area contributed by atoms with Crippen LogP contribution < -0.4 is 10.6 Å². The number of hydrogen-bond acceptors (Lipinski definition) is 4. The quantitative estimate of drug-likeness (QED) is 0.780. The molecule has 1 unspecified atom stereocenters. The normalized spacial score (nSPS) is 16.4. The molecule has 2 rings (SSSR count). The molecule has 1 aliphatic rings. The summed E-state index contributed by atoms with van der Waals surface area (Å²) in [6.07, 6.45) is 4.44. The minimum atomic E-state index is -0.620. The van der Waals surface area contributed by atoms with Gasteiger partial charge in [-0.3, -0.25) is 10.1 Å². The Hall–Kier alpha value is -1.88. The summed E-state index contributed by atoms with van der Waals surface area (Å²) in [5.74, 6) is -0.471. The molecule has 1 fully saturated rings. The molecule has 0 heterocycles. The molecule has 1 aliphatic carbocycles. The maximum absolute atomic E-state index is 11.9. The van der Waals surface area contributed by atoms with E-state index in [1.807, 2.05) is 30.3 Å². The average molecular weight is 290 g/mol. The number of esters is 1. The predicted octanol–water partition coefficient (Wildman–Crippen LogP) is 1.55. The molecule has 5 nitrogen and oxygen atoms in total. The molecule has 1 atom stereocenters. The van der Waals surface area contributed by atoms with Gasteiger partial charge in [0, 0.05) is 6.04 Å². The highest BCUT2D eigenvalue weighted by Gasteiger charge is 2.22. The molecule has 1 aromatic carbocycles. The highest BCUT2D eigenvalue weighted by Crippen LogP contribution is 2.17. The number of amides is 1. The van der Waals surface area contributed by atoms with E-state index in [2.05, 4.69) is 10.6 Å². The second-order valence-electron chi connectivity index (χ2n) is 5.30. The number of carbonyl (C=O) groups excluding carboxylic acids is 2. The lowest BCUT2D eigenvalue weighted by atomic mass is 10.1. The summed E-state index contributed by atoms with van der Waals surface area (Å²) < 4.78 is 4.80. The minimum absolute atomic E-state index is 0.0771. The van der Waals surface area contributed by atoms with Crippen LogP contribution in [0.2, 0.25) is 0 Å². The van der Waals surface area contributed by atoms with Crippen LogP contribution in [0.15, 0.2) is 30.3 Å². The van der Waals surface area contributed by atoms with Gasteiger partial charge in [0.1, 0.15) is 6.04 Å². The number of carbonyl (C=O) groups is 2. The largest absolute Gasteiger partial charge is 0.468 e. The van der Waals surface area contributed by atoms with Crippen LogP contribution >= 0.6 is 0 Å². The van der Waals surface area contributed by atoms with Gasteiger partial charge < -0.3 is 10.1 Å². The zero-order valence-corrected chi connectivity index (χ0v) is 12.3. The molecule has 1 amide bonds. The third-order valence-electron chi connectivity index (χ3n) is 3.76. The molecular weight excluding hydrogens is 268 g/mol. The van der Waals surface area contributed by atoms with E-state index in [4.69, 9.17) is 4.74 Å². The van der Waals surface area contributed by atoms with Crippen molar-refractivity contribution in [3.8, 4) is 0 Å². The SMILES string of the molecule is COC(=O)C(NCC(=O)NC1CCCC1)c1ccccc1. The van der Waals surface area contributed by atoms with Crippen molar-refractivity contribution in [3.05, 3.63) is 35.9 Å². The van der Waals surface area contributed by atoms with E-state index in [-0.39, 0.29) is 18.5 Å². The van der Waals surface area contributed by atoms with E-state index in [1.54, 1.807) is 0 Å². The van der Waals surface area contributed by atoms with Gasteiger partial charge >= 0.3 is 5.97 Å². The van der Waals surface area contributed by atoms with E-state index >= 15 is 0 Å². The Labute approximate surface area is 125 Å². The van der Waals surface area contributed by atoms with Crippen LogP contribution in [0.4, 0.5) is 0 Å². The predicted molar refractivity (Wildman–Crippen MR) is 79.6 cm³/mol. The lowest BCUT2D eigenvalue weighted by Gasteiger charge is -2.18. The maximum atomic E-state index is 11.9. The van der Waals surface area contributed by atoms with Crippen molar-refractivity contribution in [2.75, 3.05) is 13.7 Å². The van der Waals surface area contributed by atoms with Gasteiger partial charge in [0.2, 0.25) is 5.91 Å². The zero-order chi connectivity index (χ0) is 15.1. The summed E-state index contributed by atoms with van der Waals surface area (Å²) >= 11 is 0. The third kappa shape index (κ3) is 4.56. The Balaban J connectivity index is 1.90. The molecule has 0 aliphatic heterocycles. The molecule has 21 heavy (non-hydrogen) atoms. The fourth-order valence-corrected chi connectivity index (χ4v) is 2.64. The van der Waals surface area contributed by atoms with Gasteiger partial charge in [0.25, 0.3) is 0 Å². The van der Waals surface area contributed by atoms with Gasteiger partial charge in [0.05, 0.1) is 13.7 Å². The molecule has 0 spiro atoms. The van der Waals surface area contributed by atoms with Crippen molar-refractivity contribution in [2.45, 2.75) is 37.8 Å². The Bertz CT molecular complexity index is 470. The summed E-state index contributed by atoms with van der Waals surface area (Å²) in [6.45, 7) is 0.102. The summed E-state index contributed by atoms with van der Waals surface area (Å²) in [5.41, 5.74) is 0.790. The molecule has 0 radical (unpaired) electrons. The smallest absolute Gasteiger partial charge is 0.327 e. The van der Waals surface area contributed by atoms with Gasteiger partial charge in [-0.25, -0.2) is 4.79 Å². The van der Waals surface area contributed by atoms with Crippen molar-refractivity contribution in [1.82, 2.24) is 10.6 Å². The van der Waals surface area contributed by atoms with Gasteiger partial charge in [-0.1, -0.05) is 43.2 Å². The van der Waals surface area contributed by atoms with E-state index < -0.39 is 12.0 Å². The molecule has 2 N–H and O–H groups in total. The fourth-order valence-electron chi connectivity index (χ4n) is 2.64. The van der Waals surface area contributed by atoms with E-state index in [9.17, 15) is 9.59 Å². The molecular formula is C16H22N2O3. The first-order valence-electron chi connectivity index (χ1n) is 7.36. The number of methoxy groups -OCH3 is 1. The van der Waals surface area contributed by atoms with Crippen LogP contribution in [0, 0.1) is 0 Å². The van der Waals surface area contributed by atoms with Gasteiger partial charge in [-0.15, -0.1) is 0 Å². The monoisotopic (exact) mass is 290 g/mol. The van der Waals surface area contributed by atoms with Crippen molar-refractivity contribution >= 4 is 11.9 Å². The Morgan fingerprint density at radius 1 is 1.24 bits per heavy atom. The molecule has 5 heteroatoms. The topological polar surface area (TPSA) is 67.4 Å². The fraction of sp³-hybridized carbons (Fsp3) is 0.500. The molecule has 114 valence electrons. The lowest BCUT2D eigenvalue weighted by Crippen LogP contribution is -2.41. The minimum Gasteiger partial charge on any atom is -0.468 e. The second kappa shape index (κ2) is 7.78. The summed E-state index contributed by atoms with van der Waals surface area (Å²) in [4.78, 5) is 23.8. The van der Waals surface area contributed by atoms with Crippen LogP contribution in [0.1, 0.15) is 37.3 Å². The Morgan fingerprint density at radius 2 is 1.90 bits per heavy atom. The van der Waals surface area contributed by atoms with Crippen LogP contribution in [-0.2, 0) is 14.3 Å². The Kier molecular flexibility index (Phi) is 5.75. The van der Waals surface area contributed by atoms with Crippen molar-refractivity contribution < 1.29 is 14.3 Å². The molecule has 1 saturated carbocycles. The number of nitrogens with one attached hydrogen (secondary N) is 2.